The Bertz CT molecular complexity index is 697. The maximum atomic E-state index is 11.9. The van der Waals surface area contributed by atoms with Crippen LogP contribution in [0.15, 0.2) is 48.5 Å². The minimum absolute atomic E-state index is 0.0558. The second-order valence-corrected chi connectivity index (χ2v) is 5.24. The third-order valence-electron chi connectivity index (χ3n) is 3.34. The summed E-state index contributed by atoms with van der Waals surface area (Å²) in [6.07, 6.45) is 0. The molecule has 2 aromatic carbocycles. The van der Waals surface area contributed by atoms with Crippen LogP contribution in [-0.4, -0.2) is 21.9 Å². The van der Waals surface area contributed by atoms with Gasteiger partial charge in [-0.2, -0.15) is 0 Å². The Kier molecular flexibility index (Phi) is 5.36. The molecule has 2 aromatic rings. The Morgan fingerprint density at radius 1 is 1.04 bits per heavy atom. The monoisotopic (exact) mass is 313 g/mol. The molecule has 0 fully saturated rings. The predicted octanol–water partition coefficient (Wildman–Crippen LogP) is 2.87. The predicted molar refractivity (Wildman–Crippen MR) is 85.8 cm³/mol. The van der Waals surface area contributed by atoms with Crippen molar-refractivity contribution in [1.29, 1.82) is 0 Å². The number of phenolic OH excluding ortho intramolecular Hbond substituents is 1. The van der Waals surface area contributed by atoms with Crippen molar-refractivity contribution in [1.82, 2.24) is 4.90 Å². The van der Waals surface area contributed by atoms with E-state index < -0.39 is 5.97 Å². The van der Waals surface area contributed by atoms with Crippen molar-refractivity contribution in [3.05, 3.63) is 59.7 Å². The molecule has 0 saturated heterocycles. The summed E-state index contributed by atoms with van der Waals surface area (Å²) in [5.74, 6) is -0.144. The fourth-order valence-electron chi connectivity index (χ4n) is 2.21. The molecule has 0 heterocycles. The summed E-state index contributed by atoms with van der Waals surface area (Å²) in [4.78, 5) is 24.5. The normalized spacial score (nSPS) is 10.2. The van der Waals surface area contributed by atoms with Crippen LogP contribution in [0.25, 0.3) is 0 Å². The molecule has 0 spiro atoms. The number of esters is 1. The smallest absolute Gasteiger partial charge is 0.308 e. The van der Waals surface area contributed by atoms with Gasteiger partial charge in [-0.05, 0) is 23.8 Å². The fraction of sp³-hybridized carbons (Fsp3) is 0.222. The summed E-state index contributed by atoms with van der Waals surface area (Å²) in [5, 5.41) is 9.99. The second-order valence-electron chi connectivity index (χ2n) is 5.24. The van der Waals surface area contributed by atoms with Crippen molar-refractivity contribution in [3.8, 4) is 11.5 Å². The summed E-state index contributed by atoms with van der Waals surface area (Å²) >= 11 is 0. The van der Waals surface area contributed by atoms with E-state index in [-0.39, 0.29) is 18.2 Å². The molecule has 0 bridgehead atoms. The molecule has 0 aliphatic carbocycles. The first-order valence-electron chi connectivity index (χ1n) is 7.25. The molecule has 0 saturated carbocycles. The second kappa shape index (κ2) is 7.45. The van der Waals surface area contributed by atoms with E-state index in [1.165, 1.54) is 26.0 Å². The first kappa shape index (κ1) is 16.5. The van der Waals surface area contributed by atoms with Gasteiger partial charge in [-0.3, -0.25) is 9.59 Å². The number of ether oxygens (including phenoxy) is 1. The third kappa shape index (κ3) is 4.85. The summed E-state index contributed by atoms with van der Waals surface area (Å²) in [6, 6.07) is 14.1. The number of rotatable bonds is 5. The highest BCUT2D eigenvalue weighted by atomic mass is 16.5. The van der Waals surface area contributed by atoms with Crippen LogP contribution in [0.1, 0.15) is 25.0 Å². The fourth-order valence-corrected chi connectivity index (χ4v) is 2.21. The number of aromatic hydroxyl groups is 1. The average Bonchev–Trinajstić information content (AvgIpc) is 2.50. The summed E-state index contributed by atoms with van der Waals surface area (Å²) in [6.45, 7) is 3.46. The van der Waals surface area contributed by atoms with E-state index in [4.69, 9.17) is 4.74 Å². The van der Waals surface area contributed by atoms with Crippen LogP contribution >= 0.6 is 0 Å². The van der Waals surface area contributed by atoms with Crippen molar-refractivity contribution in [2.24, 2.45) is 0 Å². The van der Waals surface area contributed by atoms with E-state index in [2.05, 4.69) is 0 Å². The molecular formula is C18H19NO4. The zero-order valence-corrected chi connectivity index (χ0v) is 13.2. The van der Waals surface area contributed by atoms with Gasteiger partial charge < -0.3 is 14.7 Å². The van der Waals surface area contributed by atoms with Crippen LogP contribution in [0.3, 0.4) is 0 Å². The van der Waals surface area contributed by atoms with E-state index in [0.29, 0.717) is 17.9 Å². The third-order valence-corrected chi connectivity index (χ3v) is 3.34. The molecule has 1 N–H and O–H groups in total. The van der Waals surface area contributed by atoms with Gasteiger partial charge in [-0.1, -0.05) is 30.3 Å². The van der Waals surface area contributed by atoms with Crippen LogP contribution in [0, 0.1) is 0 Å². The maximum Gasteiger partial charge on any atom is 0.308 e. The number of phenols is 1. The maximum absolute atomic E-state index is 11.9. The lowest BCUT2D eigenvalue weighted by Crippen LogP contribution is -2.27. The minimum Gasteiger partial charge on any atom is -0.508 e. The molecule has 0 radical (unpaired) electrons. The molecule has 120 valence electrons. The van der Waals surface area contributed by atoms with E-state index >= 15 is 0 Å². The Morgan fingerprint density at radius 2 is 1.74 bits per heavy atom. The number of hydrogen-bond donors (Lipinski definition) is 1. The molecular weight excluding hydrogens is 294 g/mol. The molecule has 2 rings (SSSR count). The van der Waals surface area contributed by atoms with Crippen LogP contribution in [0.2, 0.25) is 0 Å². The molecule has 0 aliphatic heterocycles. The lowest BCUT2D eigenvalue weighted by atomic mass is 10.1. The zero-order chi connectivity index (χ0) is 16.8. The standard InChI is InChI=1S/C18H19NO4/c1-13(20)19(11-15-6-4-3-5-7-15)12-16-10-17(23-14(2)21)8-9-18(16)22/h3-10,22H,11-12H2,1-2H3. The number of carbonyl (C=O) groups is 2. The van der Waals surface area contributed by atoms with Gasteiger partial charge in [0.2, 0.25) is 5.91 Å². The molecule has 1 amide bonds. The Hall–Kier alpha value is -2.82. The number of nitrogens with zero attached hydrogens (tertiary/aromatic N) is 1. The summed E-state index contributed by atoms with van der Waals surface area (Å²) in [5.41, 5.74) is 1.52. The largest absolute Gasteiger partial charge is 0.508 e. The van der Waals surface area contributed by atoms with Gasteiger partial charge in [0.25, 0.3) is 0 Å². The van der Waals surface area contributed by atoms with Crippen LogP contribution in [0.5, 0.6) is 11.5 Å². The van der Waals surface area contributed by atoms with Crippen molar-refractivity contribution in [2.45, 2.75) is 26.9 Å². The van der Waals surface area contributed by atoms with Gasteiger partial charge in [-0.25, -0.2) is 0 Å². The van der Waals surface area contributed by atoms with Crippen LogP contribution in [-0.2, 0) is 22.7 Å². The van der Waals surface area contributed by atoms with Crippen LogP contribution < -0.4 is 4.74 Å². The Morgan fingerprint density at radius 3 is 2.35 bits per heavy atom. The van der Waals surface area contributed by atoms with Gasteiger partial charge in [0.15, 0.2) is 0 Å². The molecule has 0 aromatic heterocycles. The molecule has 0 atom stereocenters. The molecule has 5 heteroatoms. The minimum atomic E-state index is -0.436. The van der Waals surface area contributed by atoms with Crippen molar-refractivity contribution in [3.63, 3.8) is 0 Å². The van der Waals surface area contributed by atoms with E-state index in [0.717, 1.165) is 5.56 Å². The number of amides is 1. The Balaban J connectivity index is 2.19. The summed E-state index contributed by atoms with van der Waals surface area (Å²) < 4.78 is 5.02. The van der Waals surface area contributed by atoms with E-state index in [1.54, 1.807) is 11.0 Å². The molecule has 0 aliphatic rings. The lowest BCUT2D eigenvalue weighted by Gasteiger charge is -2.22. The van der Waals surface area contributed by atoms with Crippen molar-refractivity contribution >= 4 is 11.9 Å². The zero-order valence-electron chi connectivity index (χ0n) is 13.2. The van der Waals surface area contributed by atoms with Gasteiger partial charge in [-0.15, -0.1) is 0 Å². The molecule has 5 nitrogen and oxygen atoms in total. The SMILES string of the molecule is CC(=O)Oc1ccc(O)c(CN(Cc2ccccc2)C(C)=O)c1. The molecule has 0 unspecified atom stereocenters. The van der Waals surface area contributed by atoms with E-state index in [1.807, 2.05) is 30.3 Å². The number of carbonyl (C=O) groups excluding carboxylic acids is 2. The average molecular weight is 313 g/mol. The van der Waals surface area contributed by atoms with Gasteiger partial charge >= 0.3 is 5.97 Å². The number of hydrogen-bond acceptors (Lipinski definition) is 4. The van der Waals surface area contributed by atoms with Gasteiger partial charge in [0, 0.05) is 32.5 Å². The summed E-state index contributed by atoms with van der Waals surface area (Å²) in [7, 11) is 0. The quantitative estimate of drug-likeness (QED) is 0.681. The Labute approximate surface area is 135 Å². The van der Waals surface area contributed by atoms with E-state index in [9.17, 15) is 14.7 Å². The first-order valence-corrected chi connectivity index (χ1v) is 7.25. The van der Waals surface area contributed by atoms with Gasteiger partial charge in [0.1, 0.15) is 11.5 Å². The highest BCUT2D eigenvalue weighted by Crippen LogP contribution is 2.25. The topological polar surface area (TPSA) is 66.8 Å². The van der Waals surface area contributed by atoms with Gasteiger partial charge in [0.05, 0.1) is 0 Å². The lowest BCUT2D eigenvalue weighted by molar-refractivity contribution is -0.132. The highest BCUT2D eigenvalue weighted by Gasteiger charge is 2.14. The number of benzene rings is 2. The highest BCUT2D eigenvalue weighted by molar-refractivity contribution is 5.73. The first-order chi connectivity index (χ1) is 11.0. The molecule has 23 heavy (non-hydrogen) atoms. The van der Waals surface area contributed by atoms with Crippen LogP contribution in [0.4, 0.5) is 0 Å². The van der Waals surface area contributed by atoms with Crippen molar-refractivity contribution in [2.75, 3.05) is 0 Å². The van der Waals surface area contributed by atoms with Crippen molar-refractivity contribution < 1.29 is 19.4 Å².